The van der Waals surface area contributed by atoms with Crippen LogP contribution in [0.5, 0.6) is 0 Å². The fourth-order valence-corrected chi connectivity index (χ4v) is 4.49. The van der Waals surface area contributed by atoms with E-state index in [1.807, 2.05) is 13.8 Å². The number of piperazine rings is 1. The molecule has 8 heteroatoms. The third-order valence-corrected chi connectivity index (χ3v) is 6.35. The smallest absolute Gasteiger partial charge is 0.213 e. The Morgan fingerprint density at radius 2 is 1.85 bits per heavy atom. The average molecular weight is 396 g/mol. The van der Waals surface area contributed by atoms with Crippen LogP contribution in [0.2, 0.25) is 0 Å². The highest BCUT2D eigenvalue weighted by Gasteiger charge is 2.21. The van der Waals surface area contributed by atoms with Crippen LogP contribution in [-0.2, 0) is 10.0 Å². The van der Waals surface area contributed by atoms with E-state index in [0.717, 1.165) is 32.1 Å². The third-order valence-electron chi connectivity index (χ3n) is 4.78. The first-order valence-corrected chi connectivity index (χ1v) is 11.2. The van der Waals surface area contributed by atoms with E-state index in [9.17, 15) is 8.42 Å². The van der Waals surface area contributed by atoms with Gasteiger partial charge in [0.15, 0.2) is 5.96 Å². The largest absolute Gasteiger partial charge is 0.368 e. The zero-order valence-corrected chi connectivity index (χ0v) is 17.9. The standard InChI is InChI=1S/C19H33N5O2S/c1-15(2)22-27(25,26)14-9-21-19(20-5)24-12-10-23(11-13-24)18-8-6-7-16(3)17(18)4/h6-8,15,22H,9-14H2,1-5H3,(H,20,21). The monoisotopic (exact) mass is 395 g/mol. The van der Waals surface area contributed by atoms with Gasteiger partial charge in [-0.15, -0.1) is 0 Å². The molecule has 0 radical (unpaired) electrons. The van der Waals surface area contributed by atoms with Gasteiger partial charge >= 0.3 is 0 Å². The lowest BCUT2D eigenvalue weighted by molar-refractivity contribution is 0.373. The van der Waals surface area contributed by atoms with Crippen LogP contribution in [0.4, 0.5) is 5.69 Å². The van der Waals surface area contributed by atoms with Gasteiger partial charge in [-0.05, 0) is 44.9 Å². The minimum absolute atomic E-state index is 0.0344. The van der Waals surface area contributed by atoms with E-state index in [-0.39, 0.29) is 11.8 Å². The molecule has 152 valence electrons. The molecule has 2 rings (SSSR count). The summed E-state index contributed by atoms with van der Waals surface area (Å²) in [5.41, 5.74) is 3.93. The van der Waals surface area contributed by atoms with Crippen LogP contribution in [0.15, 0.2) is 23.2 Å². The van der Waals surface area contributed by atoms with Gasteiger partial charge < -0.3 is 15.1 Å². The quantitative estimate of drug-likeness (QED) is 0.561. The Labute approximate surface area is 163 Å². The maximum Gasteiger partial charge on any atom is 0.213 e. The molecule has 0 aromatic heterocycles. The number of sulfonamides is 1. The minimum atomic E-state index is -3.26. The van der Waals surface area contributed by atoms with E-state index in [1.165, 1.54) is 16.8 Å². The molecule has 0 saturated carbocycles. The molecule has 0 bridgehead atoms. The van der Waals surface area contributed by atoms with Crippen LogP contribution in [0.25, 0.3) is 0 Å². The molecule has 0 unspecified atom stereocenters. The van der Waals surface area contributed by atoms with Crippen molar-refractivity contribution in [2.45, 2.75) is 33.7 Å². The summed E-state index contributed by atoms with van der Waals surface area (Å²) in [6.45, 7) is 11.8. The van der Waals surface area contributed by atoms with E-state index in [2.05, 4.69) is 56.9 Å². The van der Waals surface area contributed by atoms with Crippen molar-refractivity contribution in [2.75, 3.05) is 50.4 Å². The highest BCUT2D eigenvalue weighted by molar-refractivity contribution is 7.89. The molecule has 1 aliphatic rings. The molecular weight excluding hydrogens is 362 g/mol. The second kappa shape index (κ2) is 9.41. The SMILES string of the molecule is CN=C(NCCS(=O)(=O)NC(C)C)N1CCN(c2cccc(C)c2C)CC1. The fourth-order valence-electron chi connectivity index (χ4n) is 3.28. The predicted octanol–water partition coefficient (Wildman–Crippen LogP) is 1.33. The van der Waals surface area contributed by atoms with Crippen LogP contribution in [0.3, 0.4) is 0 Å². The maximum absolute atomic E-state index is 11.9. The highest BCUT2D eigenvalue weighted by atomic mass is 32.2. The molecule has 7 nitrogen and oxygen atoms in total. The van der Waals surface area contributed by atoms with Gasteiger partial charge in [-0.1, -0.05) is 12.1 Å². The molecule has 1 fully saturated rings. The second-order valence-electron chi connectivity index (χ2n) is 7.26. The van der Waals surface area contributed by atoms with Crippen molar-refractivity contribution in [1.29, 1.82) is 0 Å². The van der Waals surface area contributed by atoms with Crippen LogP contribution >= 0.6 is 0 Å². The van der Waals surface area contributed by atoms with E-state index in [1.54, 1.807) is 7.05 Å². The highest BCUT2D eigenvalue weighted by Crippen LogP contribution is 2.23. The van der Waals surface area contributed by atoms with Gasteiger partial charge in [-0.2, -0.15) is 0 Å². The summed E-state index contributed by atoms with van der Waals surface area (Å²) in [6.07, 6.45) is 0. The fraction of sp³-hybridized carbons (Fsp3) is 0.632. The van der Waals surface area contributed by atoms with Gasteiger partial charge in [0.1, 0.15) is 0 Å². The first-order chi connectivity index (χ1) is 12.7. The molecule has 0 spiro atoms. The molecule has 0 aliphatic carbocycles. The molecule has 0 amide bonds. The third kappa shape index (κ3) is 6.10. The van der Waals surface area contributed by atoms with Crippen molar-refractivity contribution < 1.29 is 8.42 Å². The van der Waals surface area contributed by atoms with Crippen molar-refractivity contribution >= 4 is 21.7 Å². The van der Waals surface area contributed by atoms with Crippen molar-refractivity contribution in [1.82, 2.24) is 14.9 Å². The number of benzene rings is 1. The molecule has 27 heavy (non-hydrogen) atoms. The number of hydrogen-bond acceptors (Lipinski definition) is 4. The molecule has 0 atom stereocenters. The predicted molar refractivity (Wildman–Crippen MR) is 113 cm³/mol. The van der Waals surface area contributed by atoms with E-state index >= 15 is 0 Å². The van der Waals surface area contributed by atoms with Crippen molar-refractivity contribution in [2.24, 2.45) is 4.99 Å². The summed E-state index contributed by atoms with van der Waals surface area (Å²) in [6, 6.07) is 6.34. The molecule has 1 aliphatic heterocycles. The lowest BCUT2D eigenvalue weighted by atomic mass is 10.1. The normalized spacial score (nSPS) is 16.1. The van der Waals surface area contributed by atoms with Gasteiger partial charge in [0.25, 0.3) is 0 Å². The van der Waals surface area contributed by atoms with E-state index < -0.39 is 10.0 Å². The number of guanidine groups is 1. The molecule has 1 heterocycles. The number of nitrogens with one attached hydrogen (secondary N) is 2. The Morgan fingerprint density at radius 3 is 2.44 bits per heavy atom. The van der Waals surface area contributed by atoms with E-state index in [4.69, 9.17) is 0 Å². The van der Waals surface area contributed by atoms with Crippen LogP contribution < -0.4 is 14.9 Å². The number of aliphatic imine (C=N–C) groups is 1. The lowest BCUT2D eigenvalue weighted by Crippen LogP contribution is -2.53. The number of aryl methyl sites for hydroxylation is 1. The Morgan fingerprint density at radius 1 is 1.19 bits per heavy atom. The topological polar surface area (TPSA) is 77.0 Å². The van der Waals surface area contributed by atoms with Crippen LogP contribution in [0.1, 0.15) is 25.0 Å². The van der Waals surface area contributed by atoms with Crippen LogP contribution in [0, 0.1) is 13.8 Å². The lowest BCUT2D eigenvalue weighted by Gasteiger charge is -2.38. The summed E-state index contributed by atoms with van der Waals surface area (Å²) in [7, 11) is -1.53. The Balaban J connectivity index is 1.87. The Bertz CT molecular complexity index is 753. The van der Waals surface area contributed by atoms with Gasteiger partial charge in [0.05, 0.1) is 5.75 Å². The number of nitrogens with zero attached hydrogens (tertiary/aromatic N) is 3. The summed E-state index contributed by atoms with van der Waals surface area (Å²) < 4.78 is 26.5. The first kappa shape index (κ1) is 21.5. The first-order valence-electron chi connectivity index (χ1n) is 9.50. The molecule has 2 N–H and O–H groups in total. The summed E-state index contributed by atoms with van der Waals surface area (Å²) >= 11 is 0. The maximum atomic E-state index is 11.9. The van der Waals surface area contributed by atoms with Gasteiger partial charge in [-0.25, -0.2) is 13.1 Å². The molecular formula is C19H33N5O2S. The van der Waals surface area contributed by atoms with Crippen molar-refractivity contribution in [3.05, 3.63) is 29.3 Å². The second-order valence-corrected chi connectivity index (χ2v) is 9.13. The van der Waals surface area contributed by atoms with Gasteiger partial charge in [0, 0.05) is 51.5 Å². The van der Waals surface area contributed by atoms with Gasteiger partial charge in [-0.3, -0.25) is 4.99 Å². The summed E-state index contributed by atoms with van der Waals surface area (Å²) in [5, 5.41) is 3.18. The summed E-state index contributed by atoms with van der Waals surface area (Å²) in [5.74, 6) is 0.794. The summed E-state index contributed by atoms with van der Waals surface area (Å²) in [4.78, 5) is 8.91. The number of anilines is 1. The number of hydrogen-bond donors (Lipinski definition) is 2. The average Bonchev–Trinajstić information content (AvgIpc) is 2.60. The Kier molecular flexibility index (Phi) is 7.49. The Hall–Kier alpha value is -1.80. The minimum Gasteiger partial charge on any atom is -0.368 e. The molecule has 1 aromatic rings. The molecule has 1 saturated heterocycles. The van der Waals surface area contributed by atoms with Crippen LogP contribution in [-0.4, -0.2) is 70.8 Å². The number of rotatable bonds is 6. The van der Waals surface area contributed by atoms with E-state index in [0.29, 0.717) is 6.54 Å². The zero-order chi connectivity index (χ0) is 20.0. The molecule has 1 aromatic carbocycles. The zero-order valence-electron chi connectivity index (χ0n) is 17.1. The van der Waals surface area contributed by atoms with Gasteiger partial charge in [0.2, 0.25) is 10.0 Å². The van der Waals surface area contributed by atoms with Crippen molar-refractivity contribution in [3.8, 4) is 0 Å². The van der Waals surface area contributed by atoms with Crippen molar-refractivity contribution in [3.63, 3.8) is 0 Å².